The Kier molecular flexibility index (Phi) is 4.82. The van der Waals surface area contributed by atoms with Gasteiger partial charge in [-0.3, -0.25) is 9.69 Å². The van der Waals surface area contributed by atoms with Gasteiger partial charge in [-0.05, 0) is 37.3 Å². The molecule has 3 nitrogen and oxygen atoms in total. The number of furan rings is 1. The van der Waals surface area contributed by atoms with E-state index in [0.717, 1.165) is 5.56 Å². The summed E-state index contributed by atoms with van der Waals surface area (Å²) in [7, 11) is 0. The Morgan fingerprint density at radius 1 is 1.26 bits per heavy atom. The van der Waals surface area contributed by atoms with Crippen LogP contribution < -0.4 is 0 Å². The third-order valence-electron chi connectivity index (χ3n) is 3.29. The highest BCUT2D eigenvalue weighted by atomic mass is 35.5. The fourth-order valence-electron chi connectivity index (χ4n) is 2.14. The molecule has 3 rings (SSSR count). The van der Waals surface area contributed by atoms with Crippen LogP contribution in [0.5, 0.6) is 0 Å². The molecule has 7 heteroatoms. The average Bonchev–Trinajstić information content (AvgIpc) is 3.08. The molecule has 0 atom stereocenters. The molecular weight excluding hydrogens is 373 g/mol. The van der Waals surface area contributed by atoms with Crippen molar-refractivity contribution in [2.45, 2.75) is 6.92 Å². The zero-order valence-electron chi connectivity index (χ0n) is 12.0. The number of halogens is 2. The van der Waals surface area contributed by atoms with E-state index in [1.165, 1.54) is 11.8 Å². The Labute approximate surface area is 153 Å². The molecule has 118 valence electrons. The molecule has 2 aromatic rings. The van der Waals surface area contributed by atoms with Crippen molar-refractivity contribution in [1.82, 2.24) is 4.90 Å². The lowest BCUT2D eigenvalue weighted by Gasteiger charge is -2.09. The van der Waals surface area contributed by atoms with Crippen LogP contribution >= 0.6 is 47.2 Å². The number of benzene rings is 1. The molecule has 0 bridgehead atoms. The number of carbonyl (C=O) groups is 1. The quantitative estimate of drug-likeness (QED) is 0.519. The first kappa shape index (κ1) is 16.6. The monoisotopic (exact) mass is 383 g/mol. The van der Waals surface area contributed by atoms with Gasteiger partial charge in [0.15, 0.2) is 0 Å². The Morgan fingerprint density at radius 3 is 2.70 bits per heavy atom. The third-order valence-corrected chi connectivity index (χ3v) is 5.41. The number of amides is 1. The van der Waals surface area contributed by atoms with Gasteiger partial charge in [0, 0.05) is 18.2 Å². The maximum absolute atomic E-state index is 12.2. The molecule has 2 heterocycles. The van der Waals surface area contributed by atoms with E-state index in [1.54, 1.807) is 29.2 Å². The number of nitrogens with zero attached hydrogens (tertiary/aromatic N) is 1. The van der Waals surface area contributed by atoms with Gasteiger partial charge in [-0.1, -0.05) is 47.2 Å². The van der Waals surface area contributed by atoms with E-state index >= 15 is 0 Å². The predicted molar refractivity (Wildman–Crippen MR) is 99.7 cm³/mol. The van der Waals surface area contributed by atoms with Crippen molar-refractivity contribution >= 4 is 63.5 Å². The highest BCUT2D eigenvalue weighted by Gasteiger charge is 2.30. The van der Waals surface area contributed by atoms with E-state index in [9.17, 15) is 4.79 Å². The average molecular weight is 384 g/mol. The van der Waals surface area contributed by atoms with E-state index in [2.05, 4.69) is 0 Å². The van der Waals surface area contributed by atoms with Gasteiger partial charge in [-0.15, -0.1) is 0 Å². The molecule has 1 amide bonds. The van der Waals surface area contributed by atoms with E-state index in [1.807, 2.05) is 19.1 Å². The van der Waals surface area contributed by atoms with Crippen LogP contribution in [0, 0.1) is 0 Å². The van der Waals surface area contributed by atoms with E-state index in [4.69, 9.17) is 39.8 Å². The van der Waals surface area contributed by atoms with Crippen LogP contribution in [-0.4, -0.2) is 21.7 Å². The van der Waals surface area contributed by atoms with Crippen LogP contribution in [-0.2, 0) is 4.79 Å². The summed E-state index contributed by atoms with van der Waals surface area (Å²) in [4.78, 5) is 14.3. The molecule has 1 aromatic heterocycles. The number of rotatable bonds is 3. The van der Waals surface area contributed by atoms with Crippen LogP contribution in [0.3, 0.4) is 0 Å². The molecule has 0 radical (unpaired) electrons. The number of likely N-dealkylation sites (N-methyl/N-ethyl adjacent to an activating group) is 1. The van der Waals surface area contributed by atoms with Crippen molar-refractivity contribution in [2.24, 2.45) is 0 Å². The largest absolute Gasteiger partial charge is 0.457 e. The number of thiocarbonyl (C=S) groups is 1. The predicted octanol–water partition coefficient (Wildman–Crippen LogP) is 5.47. The minimum atomic E-state index is -0.0880. The summed E-state index contributed by atoms with van der Waals surface area (Å²) >= 11 is 18.4. The molecule has 1 aliphatic rings. The molecule has 0 N–H and O–H groups in total. The molecule has 1 fully saturated rings. The lowest BCUT2D eigenvalue weighted by molar-refractivity contribution is -0.121. The van der Waals surface area contributed by atoms with Gasteiger partial charge in [-0.25, -0.2) is 0 Å². The zero-order chi connectivity index (χ0) is 16.6. The number of carbonyl (C=O) groups excluding carboxylic acids is 1. The number of thioether (sulfide) groups is 1. The molecule has 0 saturated carbocycles. The van der Waals surface area contributed by atoms with Crippen molar-refractivity contribution in [3.05, 3.63) is 51.0 Å². The summed E-state index contributed by atoms with van der Waals surface area (Å²) in [6.07, 6.45) is 1.70. The first-order valence-corrected chi connectivity index (χ1v) is 8.78. The van der Waals surface area contributed by atoms with Crippen LogP contribution in [0.1, 0.15) is 12.7 Å². The fraction of sp³-hybridized carbons (Fsp3) is 0.125. The molecule has 1 aliphatic heterocycles. The van der Waals surface area contributed by atoms with E-state index < -0.39 is 0 Å². The molecular formula is C16H11Cl2NO2S2. The van der Waals surface area contributed by atoms with Crippen molar-refractivity contribution in [1.29, 1.82) is 0 Å². The highest BCUT2D eigenvalue weighted by Crippen LogP contribution is 2.34. The van der Waals surface area contributed by atoms with Crippen LogP contribution in [0.25, 0.3) is 17.4 Å². The van der Waals surface area contributed by atoms with Gasteiger partial charge in [0.2, 0.25) is 0 Å². The summed E-state index contributed by atoms with van der Waals surface area (Å²) in [6.45, 7) is 2.46. The fourth-order valence-corrected chi connectivity index (χ4v) is 3.80. The second-order valence-corrected chi connectivity index (χ2v) is 7.25. The van der Waals surface area contributed by atoms with Gasteiger partial charge in [-0.2, -0.15) is 0 Å². The maximum atomic E-state index is 12.2. The molecule has 1 aromatic carbocycles. The SMILES string of the molecule is CCN1C(=O)/C(=C\c2ccc(-c3ccc(Cl)c(Cl)c3)o2)SC1=S. The van der Waals surface area contributed by atoms with Gasteiger partial charge >= 0.3 is 0 Å². The minimum Gasteiger partial charge on any atom is -0.457 e. The Balaban J connectivity index is 1.88. The lowest BCUT2D eigenvalue weighted by Crippen LogP contribution is -2.27. The van der Waals surface area contributed by atoms with Crippen molar-refractivity contribution < 1.29 is 9.21 Å². The summed E-state index contributed by atoms with van der Waals surface area (Å²) in [5.41, 5.74) is 0.820. The summed E-state index contributed by atoms with van der Waals surface area (Å²) in [5, 5.41) is 0.955. The second-order valence-electron chi connectivity index (χ2n) is 4.76. The zero-order valence-corrected chi connectivity index (χ0v) is 15.2. The maximum Gasteiger partial charge on any atom is 0.266 e. The minimum absolute atomic E-state index is 0.0880. The second kappa shape index (κ2) is 6.69. The normalized spacial score (nSPS) is 16.7. The Hall–Kier alpha value is -1.27. The summed E-state index contributed by atoms with van der Waals surface area (Å²) in [5.74, 6) is 1.15. The van der Waals surface area contributed by atoms with Crippen LogP contribution in [0.2, 0.25) is 10.0 Å². The third kappa shape index (κ3) is 3.33. The van der Waals surface area contributed by atoms with E-state index in [0.29, 0.717) is 37.3 Å². The molecule has 0 spiro atoms. The highest BCUT2D eigenvalue weighted by molar-refractivity contribution is 8.26. The Bertz CT molecular complexity index is 829. The smallest absolute Gasteiger partial charge is 0.266 e. The van der Waals surface area contributed by atoms with Gasteiger partial charge in [0.25, 0.3) is 5.91 Å². The number of hydrogen-bond acceptors (Lipinski definition) is 4. The van der Waals surface area contributed by atoms with Crippen LogP contribution in [0.4, 0.5) is 0 Å². The first-order chi connectivity index (χ1) is 11.0. The molecule has 0 unspecified atom stereocenters. The van der Waals surface area contributed by atoms with Crippen LogP contribution in [0.15, 0.2) is 39.7 Å². The van der Waals surface area contributed by atoms with Gasteiger partial charge < -0.3 is 4.42 Å². The molecule has 0 aliphatic carbocycles. The van der Waals surface area contributed by atoms with Gasteiger partial charge in [0.05, 0.1) is 15.0 Å². The van der Waals surface area contributed by atoms with Crippen molar-refractivity contribution in [2.75, 3.05) is 6.54 Å². The first-order valence-electron chi connectivity index (χ1n) is 6.80. The standard InChI is InChI=1S/C16H11Cl2NO2S2/c1-2-19-15(20)14(23-16(19)22)8-10-4-6-13(21-10)9-3-5-11(17)12(18)7-9/h3-8H,2H2,1H3/b14-8+. The summed E-state index contributed by atoms with van der Waals surface area (Å²) in [6, 6.07) is 8.91. The Morgan fingerprint density at radius 2 is 2.04 bits per heavy atom. The lowest BCUT2D eigenvalue weighted by atomic mass is 10.2. The summed E-state index contributed by atoms with van der Waals surface area (Å²) < 4.78 is 6.34. The van der Waals surface area contributed by atoms with E-state index in [-0.39, 0.29) is 5.91 Å². The van der Waals surface area contributed by atoms with Crippen molar-refractivity contribution in [3.63, 3.8) is 0 Å². The van der Waals surface area contributed by atoms with Gasteiger partial charge in [0.1, 0.15) is 15.8 Å². The number of hydrogen-bond donors (Lipinski definition) is 0. The molecule has 23 heavy (non-hydrogen) atoms. The molecule has 1 saturated heterocycles. The van der Waals surface area contributed by atoms with Crippen molar-refractivity contribution in [3.8, 4) is 11.3 Å². The topological polar surface area (TPSA) is 33.5 Å².